The Morgan fingerprint density at radius 3 is 2.72 bits per heavy atom. The van der Waals surface area contributed by atoms with Crippen molar-refractivity contribution in [3.63, 3.8) is 0 Å². The minimum Gasteiger partial charge on any atom is -0.330 e. The van der Waals surface area contributed by atoms with Crippen LogP contribution in [-0.4, -0.2) is 22.6 Å². The van der Waals surface area contributed by atoms with Gasteiger partial charge in [0.2, 0.25) is 5.95 Å². The molecule has 0 unspecified atom stereocenters. The molecule has 0 spiro atoms. The minimum absolute atomic E-state index is 0.687. The smallest absolute Gasteiger partial charge is 0.209 e. The molecule has 1 heterocycles. The Balaban J connectivity index is 2.37. The predicted octanol–water partition coefficient (Wildman–Crippen LogP) is 2.22. The first-order valence-corrected chi connectivity index (χ1v) is 6.24. The lowest BCUT2D eigenvalue weighted by Gasteiger charge is -2.25. The van der Waals surface area contributed by atoms with Crippen LogP contribution in [0.3, 0.4) is 0 Å². The summed E-state index contributed by atoms with van der Waals surface area (Å²) in [5.41, 5.74) is 8.07. The number of nitrogens with two attached hydrogens (primary N) is 1. The average molecular weight is 244 g/mol. The third-order valence-electron chi connectivity index (χ3n) is 3.03. The van der Waals surface area contributed by atoms with Crippen molar-refractivity contribution < 1.29 is 0 Å². The number of nitrogens with zero attached hydrogens (tertiary/aromatic N) is 3. The Labute approximate surface area is 108 Å². The van der Waals surface area contributed by atoms with Crippen LogP contribution in [0.1, 0.15) is 12.0 Å². The second-order valence-corrected chi connectivity index (χ2v) is 4.42. The largest absolute Gasteiger partial charge is 0.330 e. The average Bonchev–Trinajstić information content (AvgIpc) is 2.78. The van der Waals surface area contributed by atoms with Gasteiger partial charge < -0.3 is 15.2 Å². The van der Waals surface area contributed by atoms with Crippen LogP contribution in [0, 0.1) is 6.92 Å². The molecule has 0 aliphatic carbocycles. The SMILES string of the molecule is Cc1ccccc1N(CCCN)c1nccn1C. The fraction of sp³-hybridized carbons (Fsp3) is 0.357. The monoisotopic (exact) mass is 244 g/mol. The zero-order chi connectivity index (χ0) is 13.0. The van der Waals surface area contributed by atoms with Crippen LogP contribution in [-0.2, 0) is 7.05 Å². The summed E-state index contributed by atoms with van der Waals surface area (Å²) in [5.74, 6) is 0.956. The van der Waals surface area contributed by atoms with Crippen molar-refractivity contribution >= 4 is 11.6 Å². The number of anilines is 2. The van der Waals surface area contributed by atoms with Gasteiger partial charge in [-0.2, -0.15) is 0 Å². The second-order valence-electron chi connectivity index (χ2n) is 4.42. The van der Waals surface area contributed by atoms with Crippen molar-refractivity contribution in [1.29, 1.82) is 0 Å². The van der Waals surface area contributed by atoms with Crippen LogP contribution in [0.25, 0.3) is 0 Å². The van der Waals surface area contributed by atoms with E-state index in [4.69, 9.17) is 5.73 Å². The maximum absolute atomic E-state index is 5.63. The number of hydrogen-bond acceptors (Lipinski definition) is 3. The van der Waals surface area contributed by atoms with E-state index in [0.717, 1.165) is 18.9 Å². The molecule has 1 aromatic heterocycles. The third-order valence-corrected chi connectivity index (χ3v) is 3.03. The number of hydrogen-bond donors (Lipinski definition) is 1. The van der Waals surface area contributed by atoms with E-state index in [9.17, 15) is 0 Å². The van der Waals surface area contributed by atoms with Gasteiger partial charge in [-0.1, -0.05) is 18.2 Å². The minimum atomic E-state index is 0.687. The number of imidazole rings is 1. The highest BCUT2D eigenvalue weighted by atomic mass is 15.3. The fourth-order valence-corrected chi connectivity index (χ4v) is 2.06. The zero-order valence-electron chi connectivity index (χ0n) is 11.0. The van der Waals surface area contributed by atoms with Crippen LogP contribution < -0.4 is 10.6 Å². The van der Waals surface area contributed by atoms with Gasteiger partial charge >= 0.3 is 0 Å². The van der Waals surface area contributed by atoms with Crippen LogP contribution >= 0.6 is 0 Å². The molecule has 2 rings (SSSR count). The lowest BCUT2D eigenvalue weighted by molar-refractivity contribution is 0.773. The van der Waals surface area contributed by atoms with Crippen molar-refractivity contribution in [2.24, 2.45) is 12.8 Å². The highest BCUT2D eigenvalue weighted by Crippen LogP contribution is 2.26. The molecule has 0 fully saturated rings. The molecular formula is C14H20N4. The molecule has 0 aliphatic heterocycles. The van der Waals surface area contributed by atoms with Gasteiger partial charge in [0.25, 0.3) is 0 Å². The normalized spacial score (nSPS) is 10.6. The molecule has 0 saturated carbocycles. The summed E-state index contributed by atoms with van der Waals surface area (Å²) in [5, 5.41) is 0. The van der Waals surface area contributed by atoms with Crippen LogP contribution in [0.15, 0.2) is 36.7 Å². The van der Waals surface area contributed by atoms with Crippen LogP contribution in [0.4, 0.5) is 11.6 Å². The number of aromatic nitrogens is 2. The quantitative estimate of drug-likeness (QED) is 0.877. The first-order chi connectivity index (χ1) is 8.74. The molecule has 2 N–H and O–H groups in total. The summed E-state index contributed by atoms with van der Waals surface area (Å²) < 4.78 is 2.03. The molecule has 0 bridgehead atoms. The summed E-state index contributed by atoms with van der Waals surface area (Å²) >= 11 is 0. The lowest BCUT2D eigenvalue weighted by atomic mass is 10.2. The Bertz CT molecular complexity index is 504. The van der Waals surface area contributed by atoms with Gasteiger partial charge in [0.15, 0.2) is 0 Å². The van der Waals surface area contributed by atoms with Crippen LogP contribution in [0.5, 0.6) is 0 Å². The summed E-state index contributed by atoms with van der Waals surface area (Å²) in [6, 6.07) is 8.35. The second kappa shape index (κ2) is 5.69. The number of para-hydroxylation sites is 1. The van der Waals surface area contributed by atoms with Crippen molar-refractivity contribution in [2.45, 2.75) is 13.3 Å². The first-order valence-electron chi connectivity index (χ1n) is 6.24. The van der Waals surface area contributed by atoms with E-state index >= 15 is 0 Å². The van der Waals surface area contributed by atoms with Gasteiger partial charge in [-0.25, -0.2) is 4.98 Å². The molecule has 0 aliphatic rings. The molecule has 4 nitrogen and oxygen atoms in total. The van der Waals surface area contributed by atoms with Gasteiger partial charge in [-0.3, -0.25) is 0 Å². The lowest BCUT2D eigenvalue weighted by Crippen LogP contribution is -2.24. The molecule has 0 amide bonds. The predicted molar refractivity (Wildman–Crippen MR) is 75.1 cm³/mol. The van der Waals surface area contributed by atoms with E-state index in [1.807, 2.05) is 24.0 Å². The number of aryl methyl sites for hydroxylation is 2. The highest BCUT2D eigenvalue weighted by molar-refractivity contribution is 5.61. The van der Waals surface area contributed by atoms with E-state index in [1.165, 1.54) is 11.3 Å². The molecule has 1 aromatic carbocycles. The van der Waals surface area contributed by atoms with Crippen molar-refractivity contribution in [3.05, 3.63) is 42.2 Å². The molecule has 96 valence electrons. The van der Waals surface area contributed by atoms with Crippen molar-refractivity contribution in [1.82, 2.24) is 9.55 Å². The van der Waals surface area contributed by atoms with E-state index in [1.54, 1.807) is 0 Å². The summed E-state index contributed by atoms with van der Waals surface area (Å²) in [6.07, 6.45) is 4.73. The molecular weight excluding hydrogens is 224 g/mol. The Hall–Kier alpha value is -1.81. The molecule has 0 saturated heterocycles. The molecule has 0 radical (unpaired) electrons. The Morgan fingerprint density at radius 2 is 2.11 bits per heavy atom. The number of benzene rings is 1. The maximum atomic E-state index is 5.63. The molecule has 2 aromatic rings. The topological polar surface area (TPSA) is 47.1 Å². The van der Waals surface area contributed by atoms with Crippen LogP contribution in [0.2, 0.25) is 0 Å². The van der Waals surface area contributed by atoms with E-state index in [0.29, 0.717) is 6.54 Å². The Kier molecular flexibility index (Phi) is 3.99. The Morgan fingerprint density at radius 1 is 1.33 bits per heavy atom. The summed E-state index contributed by atoms with van der Waals surface area (Å²) in [6.45, 7) is 3.69. The van der Waals surface area contributed by atoms with E-state index in [-0.39, 0.29) is 0 Å². The van der Waals surface area contributed by atoms with Gasteiger partial charge in [0.1, 0.15) is 0 Å². The highest BCUT2D eigenvalue weighted by Gasteiger charge is 2.14. The van der Waals surface area contributed by atoms with Crippen molar-refractivity contribution in [3.8, 4) is 0 Å². The first kappa shape index (κ1) is 12.6. The van der Waals surface area contributed by atoms with E-state index < -0.39 is 0 Å². The maximum Gasteiger partial charge on any atom is 0.209 e. The zero-order valence-corrected chi connectivity index (χ0v) is 11.0. The fourth-order valence-electron chi connectivity index (χ4n) is 2.06. The molecule has 4 heteroatoms. The van der Waals surface area contributed by atoms with Gasteiger partial charge in [0.05, 0.1) is 0 Å². The van der Waals surface area contributed by atoms with Crippen molar-refractivity contribution in [2.75, 3.05) is 18.0 Å². The molecule has 0 atom stereocenters. The summed E-state index contributed by atoms with van der Waals surface area (Å²) in [7, 11) is 2.01. The van der Waals surface area contributed by atoms with Gasteiger partial charge in [0, 0.05) is 31.7 Å². The van der Waals surface area contributed by atoms with Gasteiger partial charge in [-0.15, -0.1) is 0 Å². The molecule has 18 heavy (non-hydrogen) atoms. The van der Waals surface area contributed by atoms with Gasteiger partial charge in [-0.05, 0) is 31.5 Å². The van der Waals surface area contributed by atoms with E-state index in [2.05, 4.69) is 41.1 Å². The standard InChI is InChI=1S/C14H20N4/c1-12-6-3-4-7-13(12)18(10-5-8-15)14-16-9-11-17(14)2/h3-4,6-7,9,11H,5,8,10,15H2,1-2H3. The third kappa shape index (κ3) is 2.54. The summed E-state index contributed by atoms with van der Waals surface area (Å²) in [4.78, 5) is 6.66. The number of rotatable bonds is 5.